The van der Waals surface area contributed by atoms with Gasteiger partial charge in [-0.3, -0.25) is 19.2 Å². The lowest BCUT2D eigenvalue weighted by Gasteiger charge is -2.20. The Morgan fingerprint density at radius 2 is 0.970 bits per heavy atom. The van der Waals surface area contributed by atoms with Gasteiger partial charge in [-0.05, 0) is 115 Å². The van der Waals surface area contributed by atoms with Crippen molar-refractivity contribution in [3.63, 3.8) is 0 Å². The van der Waals surface area contributed by atoms with Gasteiger partial charge in [-0.25, -0.2) is 8.42 Å². The predicted octanol–water partition coefficient (Wildman–Crippen LogP) is 10.7. The van der Waals surface area contributed by atoms with Crippen LogP contribution in [0.1, 0.15) is 190 Å². The van der Waals surface area contributed by atoms with Gasteiger partial charge in [0.1, 0.15) is 32.8 Å². The molecule has 0 amide bonds. The van der Waals surface area contributed by atoms with Crippen LogP contribution < -0.4 is 5.73 Å². The first-order valence-corrected chi connectivity index (χ1v) is 25.5. The third-order valence-electron chi connectivity index (χ3n) is 5.33. The van der Waals surface area contributed by atoms with Crippen LogP contribution in [0.5, 0.6) is 0 Å². The minimum atomic E-state index is -2.63. The van der Waals surface area contributed by atoms with Gasteiger partial charge in [0.25, 0.3) is 0 Å². The number of methoxy groups -OCH3 is 1. The highest BCUT2D eigenvalue weighted by molar-refractivity contribution is 7.91. The molecule has 67 heavy (non-hydrogen) atoms. The minimum Gasteiger partial charge on any atom is -0.502 e. The fourth-order valence-corrected chi connectivity index (χ4v) is 2.91. The number of ketones is 3. The molecule has 0 aromatic carbocycles. The van der Waals surface area contributed by atoms with E-state index in [-0.39, 0.29) is 52.7 Å². The number of sulfone groups is 1. The van der Waals surface area contributed by atoms with E-state index in [0.29, 0.717) is 26.1 Å². The van der Waals surface area contributed by atoms with E-state index in [1.165, 1.54) is 60.1 Å². The van der Waals surface area contributed by atoms with Gasteiger partial charge in [-0.15, -0.1) is 0 Å². The van der Waals surface area contributed by atoms with Gasteiger partial charge in [-0.2, -0.15) is 0 Å². The second-order valence-electron chi connectivity index (χ2n) is 17.7. The molecule has 2 N–H and O–H groups in total. The summed E-state index contributed by atoms with van der Waals surface area (Å²) in [6.07, 6.45) is 8.44. The van der Waals surface area contributed by atoms with Gasteiger partial charge in [-0.1, -0.05) is 88.2 Å². The van der Waals surface area contributed by atoms with Gasteiger partial charge >= 0.3 is 17.9 Å². The largest absolute Gasteiger partial charge is 0.502 e. The van der Waals surface area contributed by atoms with Crippen molar-refractivity contribution in [2.75, 3.05) is 67.5 Å². The van der Waals surface area contributed by atoms with Crippen LogP contribution in [0.2, 0.25) is 0 Å². The first-order valence-electron chi connectivity index (χ1n) is 23.5. The maximum atomic E-state index is 10.4. The van der Waals surface area contributed by atoms with Crippen molar-refractivity contribution in [3.05, 3.63) is 12.3 Å². The van der Waals surface area contributed by atoms with Crippen LogP contribution in [-0.2, 0) is 62.3 Å². The standard InChI is InChI=1S/C6H12O2.C5H10O2.C4H8O2S.C4H8O2.3C4H8O.C4H8.C4H10.C3H7NO.C3H9N.C3H6O.C3H8/c1-5(7)8-6(2,3)4;1-3-5(6)7-4-2;1-7(5,6)4-2-3-4;1-3-6-4(2)5;1-4-2-5-3-4;1-4(2)5-3;1-3-4(2)5;1-4-2-3-4;1-4(2)3;1-3(5)2-4;1-4(2)3;1-3(2)4;1-3-2/h1-4H3;3-4H2,1-2H3;4H,2-3H2,1H3;3H2,1-2H3;4H,2-3H2,1H3;1H2,2-3H3;3H2,1-2H3;4H,2-3H2,1H3;4H,1-3H3;2,4H2,1H3;1-3H3;1-2H3;3H2,1-2H3. The molecular weight excluding hydrogens is 881 g/mol. The maximum absolute atomic E-state index is 10.4. The Morgan fingerprint density at radius 1 is 0.701 bits per heavy atom. The molecule has 0 aromatic heterocycles. The molecule has 0 aromatic rings. The number of hydrogen-bond acceptors (Lipinski definition) is 15. The number of nitrogens with zero attached hydrogens (tertiary/aromatic N) is 1. The molecule has 0 bridgehead atoms. The number of allylic oxidation sites excluding steroid dienone is 1. The van der Waals surface area contributed by atoms with Crippen molar-refractivity contribution >= 4 is 45.1 Å². The Kier molecular flexibility index (Phi) is 81.5. The van der Waals surface area contributed by atoms with Crippen molar-refractivity contribution in [2.45, 2.75) is 201 Å². The number of carbonyl (C=O) groups excluding carboxylic acids is 6. The first kappa shape index (κ1) is 86.9. The second kappa shape index (κ2) is 62.8. The molecule has 16 heteroatoms. The number of hydrogen-bond donors (Lipinski definition) is 1. The number of esters is 3. The van der Waals surface area contributed by atoms with Crippen LogP contribution >= 0.6 is 0 Å². The highest BCUT2D eigenvalue weighted by Gasteiger charge is 2.31. The summed E-state index contributed by atoms with van der Waals surface area (Å²) in [4.78, 5) is 61.2. The summed E-state index contributed by atoms with van der Waals surface area (Å²) in [5.41, 5.74) is 4.49. The fourth-order valence-electron chi connectivity index (χ4n) is 1.91. The summed E-state index contributed by atoms with van der Waals surface area (Å²) in [7, 11) is 4.97. The molecule has 15 nitrogen and oxygen atoms in total. The van der Waals surface area contributed by atoms with Crippen LogP contribution in [0, 0.1) is 17.8 Å². The van der Waals surface area contributed by atoms with Crippen molar-refractivity contribution in [1.82, 2.24) is 4.90 Å². The smallest absolute Gasteiger partial charge is 0.305 e. The number of ether oxygens (including phenoxy) is 5. The number of Topliss-reactive ketones (excluding diaryl/α,β-unsaturated/α-hetero) is 3. The zero-order valence-electron chi connectivity index (χ0n) is 48.2. The Hall–Kier alpha value is -3.21. The molecule has 408 valence electrons. The minimum absolute atomic E-state index is 0.0208. The van der Waals surface area contributed by atoms with E-state index in [2.05, 4.69) is 69.3 Å². The SMILES string of the molecule is C=C(C)OC.CC(=O)CN.CC(=O)OC(C)(C)C.CC(C)=O.CC(C)C.CC1CC1.CC1COC1.CCC.CCC(C)=O.CCOC(=O)CC.CCOC(C)=O.CN(C)C.CS(=O)(=O)C1CC1. The lowest BCUT2D eigenvalue weighted by atomic mass is 10.2. The van der Waals surface area contributed by atoms with Gasteiger partial charge in [0.2, 0.25) is 0 Å². The van der Waals surface area contributed by atoms with Crippen molar-refractivity contribution in [3.8, 4) is 0 Å². The molecular formula is C51H110N2O13S. The maximum Gasteiger partial charge on any atom is 0.305 e. The molecule has 1 aliphatic heterocycles. The molecule has 0 radical (unpaired) electrons. The van der Waals surface area contributed by atoms with Crippen molar-refractivity contribution < 1.29 is 60.9 Å². The predicted molar refractivity (Wildman–Crippen MR) is 282 cm³/mol. The van der Waals surface area contributed by atoms with Crippen LogP contribution in [0.25, 0.3) is 0 Å². The molecule has 3 aliphatic rings. The summed E-state index contributed by atoms with van der Waals surface area (Å²) in [6, 6.07) is 0. The Balaban J connectivity index is -0.0000000662. The van der Waals surface area contributed by atoms with E-state index in [1.807, 2.05) is 53.7 Å². The Labute approximate surface area is 414 Å². The molecule has 0 unspecified atom stereocenters. The Morgan fingerprint density at radius 3 is 0.985 bits per heavy atom. The van der Waals surface area contributed by atoms with E-state index in [1.54, 1.807) is 41.7 Å². The van der Waals surface area contributed by atoms with Gasteiger partial charge in [0, 0.05) is 38.9 Å². The van der Waals surface area contributed by atoms with E-state index in [0.717, 1.165) is 49.6 Å². The van der Waals surface area contributed by atoms with E-state index < -0.39 is 9.84 Å². The van der Waals surface area contributed by atoms with Gasteiger partial charge in [0.05, 0.1) is 51.1 Å². The summed E-state index contributed by atoms with van der Waals surface area (Å²) in [6.45, 7) is 45.2. The molecule has 2 saturated carbocycles. The van der Waals surface area contributed by atoms with Crippen LogP contribution in [0.15, 0.2) is 12.3 Å². The van der Waals surface area contributed by atoms with Crippen molar-refractivity contribution in [2.24, 2.45) is 23.5 Å². The summed E-state index contributed by atoms with van der Waals surface area (Å²) >= 11 is 0. The zero-order chi connectivity index (χ0) is 55.9. The topological polar surface area (TPSA) is 212 Å². The van der Waals surface area contributed by atoms with Gasteiger partial charge in [0.15, 0.2) is 0 Å². The van der Waals surface area contributed by atoms with Gasteiger partial charge < -0.3 is 43.9 Å². The molecule has 3 fully saturated rings. The molecule has 1 heterocycles. The average Bonchev–Trinajstić information content (AvgIpc) is 4.08. The molecule has 3 rings (SSSR count). The highest BCUT2D eigenvalue weighted by Crippen LogP contribution is 2.27. The number of carbonyl (C=O) groups is 6. The van der Waals surface area contributed by atoms with Crippen molar-refractivity contribution in [1.29, 1.82) is 0 Å². The molecule has 1 saturated heterocycles. The average molecular weight is 992 g/mol. The lowest BCUT2D eigenvalue weighted by molar-refractivity contribution is -0.152. The first-order chi connectivity index (χ1) is 30.3. The second-order valence-corrected chi connectivity index (χ2v) is 20.0. The van der Waals surface area contributed by atoms with Crippen LogP contribution in [0.4, 0.5) is 0 Å². The van der Waals surface area contributed by atoms with E-state index in [4.69, 9.17) is 15.2 Å². The number of rotatable bonds is 7. The quantitative estimate of drug-likeness (QED) is 0.143. The lowest BCUT2D eigenvalue weighted by Crippen LogP contribution is -2.23. The van der Waals surface area contributed by atoms with E-state index in [9.17, 15) is 37.2 Å². The van der Waals surface area contributed by atoms with Crippen LogP contribution in [-0.4, -0.2) is 127 Å². The zero-order valence-corrected chi connectivity index (χ0v) is 49.1. The summed E-state index contributed by atoms with van der Waals surface area (Å²) in [5, 5.41) is 0.0208. The monoisotopic (exact) mass is 991 g/mol. The van der Waals surface area contributed by atoms with E-state index >= 15 is 0 Å². The third-order valence-corrected chi connectivity index (χ3v) is 7.01. The molecule has 2 aliphatic carbocycles. The fraction of sp³-hybridized carbons (Fsp3) is 0.843. The third kappa shape index (κ3) is 203. The molecule has 0 spiro atoms. The summed E-state index contributed by atoms with van der Waals surface area (Å²) in [5.74, 6) is 3.41. The normalized spacial score (nSPS) is 12.1. The highest BCUT2D eigenvalue weighted by atomic mass is 32.2. The van der Waals surface area contributed by atoms with Crippen LogP contribution in [0.3, 0.4) is 0 Å². The Bertz CT molecular complexity index is 1190. The summed E-state index contributed by atoms with van der Waals surface area (Å²) < 4.78 is 43.9. The number of nitrogens with two attached hydrogens (primary N) is 1. The molecule has 0 atom stereocenters.